The van der Waals surface area contributed by atoms with Gasteiger partial charge in [0, 0.05) is 36.1 Å². The monoisotopic (exact) mass is 451 g/mol. The van der Waals surface area contributed by atoms with Gasteiger partial charge in [-0.3, -0.25) is 9.36 Å². The van der Waals surface area contributed by atoms with Crippen molar-refractivity contribution in [1.29, 1.82) is 0 Å². The Balaban J connectivity index is 1.73. The third-order valence-electron chi connectivity index (χ3n) is 5.32. The minimum Gasteiger partial charge on any atom is -0.434 e. The number of carbonyl (C=O) groups is 1. The second-order valence-corrected chi connectivity index (χ2v) is 9.56. The maximum absolute atomic E-state index is 13.0. The second-order valence-electron chi connectivity index (χ2n) is 7.65. The molecule has 2 heterocycles. The molecule has 1 fully saturated rings. The Kier molecular flexibility index (Phi) is 7.69. The minimum atomic E-state index is -3.77. The van der Waals surface area contributed by atoms with E-state index in [1.165, 1.54) is 27.2 Å². The Morgan fingerprint density at radius 3 is 2.68 bits per heavy atom. The summed E-state index contributed by atoms with van der Waals surface area (Å²) in [6.45, 7) is 2.65. The van der Waals surface area contributed by atoms with Crippen molar-refractivity contribution in [3.05, 3.63) is 40.8 Å². The number of hydrogen-bond donors (Lipinski definition) is 1. The molecule has 0 saturated carbocycles. The van der Waals surface area contributed by atoms with Crippen molar-refractivity contribution >= 4 is 27.0 Å². The molecule has 0 spiro atoms. The van der Waals surface area contributed by atoms with Crippen molar-refractivity contribution in [1.82, 2.24) is 8.87 Å². The van der Waals surface area contributed by atoms with Crippen LogP contribution in [0.4, 0.5) is 4.79 Å². The fourth-order valence-corrected chi connectivity index (χ4v) is 5.29. The molecule has 0 bridgehead atoms. The number of nitrogens with zero attached hydrogens (tertiary/aromatic N) is 2. The van der Waals surface area contributed by atoms with E-state index in [4.69, 9.17) is 15.2 Å². The zero-order valence-corrected chi connectivity index (χ0v) is 18.5. The Morgan fingerprint density at radius 2 is 1.97 bits per heavy atom. The van der Waals surface area contributed by atoms with Gasteiger partial charge >= 0.3 is 6.16 Å². The molecule has 1 aromatic heterocycles. The molecule has 0 aliphatic carbocycles. The number of hydrogen-bond acceptors (Lipinski definition) is 7. The number of nitrogens with two attached hydrogens (primary N) is 1. The summed E-state index contributed by atoms with van der Waals surface area (Å²) in [5.41, 5.74) is 5.40. The first kappa shape index (κ1) is 23.2. The normalized spacial score (nSPS) is 17.2. The topological polar surface area (TPSA) is 121 Å². The molecule has 0 amide bonds. The van der Waals surface area contributed by atoms with Crippen LogP contribution in [-0.4, -0.2) is 49.2 Å². The molecule has 1 atom stereocenters. The van der Waals surface area contributed by atoms with Crippen LogP contribution in [0, 0.1) is 0 Å². The first-order valence-corrected chi connectivity index (χ1v) is 12.0. The Morgan fingerprint density at radius 1 is 1.16 bits per heavy atom. The predicted molar refractivity (Wildman–Crippen MR) is 116 cm³/mol. The number of unbranched alkanes of at least 4 members (excludes halogenated alkanes) is 3. The highest BCUT2D eigenvalue weighted by Gasteiger charge is 2.32. The fraction of sp³-hybridized carbons (Fsp3) is 0.524. The number of rotatable bonds is 9. The molecular formula is C21H29N3O6S. The summed E-state index contributed by atoms with van der Waals surface area (Å²) >= 11 is 0. The van der Waals surface area contributed by atoms with E-state index < -0.39 is 21.7 Å². The molecule has 0 radical (unpaired) electrons. The summed E-state index contributed by atoms with van der Waals surface area (Å²) in [5.74, 6) is 0. The van der Waals surface area contributed by atoms with Crippen LogP contribution < -0.4 is 11.3 Å². The summed E-state index contributed by atoms with van der Waals surface area (Å²) in [7, 11) is -3.77. The van der Waals surface area contributed by atoms with E-state index in [0.717, 1.165) is 25.7 Å². The standard InChI is InChI=1S/C21H29N3O6S/c1-2-3-4-5-13-29-21(26)30-15-23-11-10-17-18(20(23)25)7-6-8-19(17)31(27,28)24-12-9-16(22)14-24/h6-8,10-11,16H,2-5,9,12-15,22H2,1H3. The summed E-state index contributed by atoms with van der Waals surface area (Å²) in [6.07, 6.45) is 5.07. The van der Waals surface area contributed by atoms with E-state index in [0.29, 0.717) is 18.4 Å². The van der Waals surface area contributed by atoms with Gasteiger partial charge in [0.25, 0.3) is 5.56 Å². The van der Waals surface area contributed by atoms with E-state index in [1.54, 1.807) is 12.1 Å². The van der Waals surface area contributed by atoms with Gasteiger partial charge < -0.3 is 15.2 Å². The molecule has 10 heteroatoms. The maximum atomic E-state index is 13.0. The van der Waals surface area contributed by atoms with Gasteiger partial charge in [-0.2, -0.15) is 4.31 Å². The molecule has 2 N–H and O–H groups in total. The lowest BCUT2D eigenvalue weighted by molar-refractivity contribution is 0.0321. The molecule has 1 saturated heterocycles. The van der Waals surface area contributed by atoms with Crippen LogP contribution in [0.25, 0.3) is 10.8 Å². The van der Waals surface area contributed by atoms with E-state index in [-0.39, 0.29) is 36.2 Å². The quantitative estimate of drug-likeness (QED) is 0.459. The molecule has 2 aromatic rings. The lowest BCUT2D eigenvalue weighted by Gasteiger charge is -2.17. The molecule has 9 nitrogen and oxygen atoms in total. The van der Waals surface area contributed by atoms with Crippen molar-refractivity contribution in [2.24, 2.45) is 5.73 Å². The average Bonchev–Trinajstić information content (AvgIpc) is 3.20. The van der Waals surface area contributed by atoms with Gasteiger partial charge in [0.15, 0.2) is 6.73 Å². The number of sulfonamides is 1. The van der Waals surface area contributed by atoms with Gasteiger partial charge in [-0.15, -0.1) is 0 Å². The van der Waals surface area contributed by atoms with E-state index in [2.05, 4.69) is 6.92 Å². The highest BCUT2D eigenvalue weighted by atomic mass is 32.2. The van der Waals surface area contributed by atoms with Crippen LogP contribution in [0.15, 0.2) is 40.2 Å². The molecule has 170 valence electrons. The van der Waals surface area contributed by atoms with Gasteiger partial charge in [-0.1, -0.05) is 32.3 Å². The molecule has 1 aliphatic rings. The predicted octanol–water partition coefficient (Wildman–Crippen LogP) is 2.41. The van der Waals surface area contributed by atoms with Crippen molar-refractivity contribution in [2.75, 3.05) is 19.7 Å². The highest BCUT2D eigenvalue weighted by molar-refractivity contribution is 7.89. The van der Waals surface area contributed by atoms with Crippen molar-refractivity contribution in [3.8, 4) is 0 Å². The number of carbonyl (C=O) groups excluding carboxylic acids is 1. The Labute approximate surface area is 181 Å². The smallest absolute Gasteiger partial charge is 0.434 e. The van der Waals surface area contributed by atoms with Crippen LogP contribution in [0.1, 0.15) is 39.0 Å². The van der Waals surface area contributed by atoms with Gasteiger partial charge in [0.05, 0.1) is 11.5 Å². The summed E-state index contributed by atoms with van der Waals surface area (Å²) in [4.78, 5) is 24.6. The first-order chi connectivity index (χ1) is 14.8. The average molecular weight is 452 g/mol. The SMILES string of the molecule is CCCCCCOC(=O)OCn1ccc2c(S(=O)(=O)N3CCC(N)C3)cccc2c1=O. The van der Waals surface area contributed by atoms with E-state index in [1.807, 2.05) is 0 Å². The third kappa shape index (κ3) is 5.44. The van der Waals surface area contributed by atoms with E-state index >= 15 is 0 Å². The Bertz CT molecular complexity index is 1080. The summed E-state index contributed by atoms with van der Waals surface area (Å²) in [6, 6.07) is 5.92. The summed E-state index contributed by atoms with van der Waals surface area (Å²) < 4.78 is 38.6. The molecule has 1 unspecified atom stereocenters. The van der Waals surface area contributed by atoms with Crippen LogP contribution in [-0.2, 0) is 26.2 Å². The molecule has 31 heavy (non-hydrogen) atoms. The van der Waals surface area contributed by atoms with Crippen LogP contribution >= 0.6 is 0 Å². The van der Waals surface area contributed by atoms with Crippen molar-refractivity contribution < 1.29 is 22.7 Å². The number of pyridine rings is 1. The first-order valence-electron chi connectivity index (χ1n) is 10.5. The Hall–Kier alpha value is -2.43. The highest BCUT2D eigenvalue weighted by Crippen LogP contribution is 2.26. The largest absolute Gasteiger partial charge is 0.510 e. The van der Waals surface area contributed by atoms with Crippen LogP contribution in [0.5, 0.6) is 0 Å². The van der Waals surface area contributed by atoms with Crippen LogP contribution in [0.3, 0.4) is 0 Å². The lowest BCUT2D eigenvalue weighted by atomic mass is 10.2. The van der Waals surface area contributed by atoms with Gasteiger partial charge in [0.2, 0.25) is 10.0 Å². The number of fused-ring (bicyclic) bond motifs is 1. The minimum absolute atomic E-state index is 0.0655. The molecule has 1 aromatic carbocycles. The number of aromatic nitrogens is 1. The van der Waals surface area contributed by atoms with Crippen molar-refractivity contribution in [2.45, 2.75) is 56.7 Å². The maximum Gasteiger partial charge on any atom is 0.510 e. The number of benzene rings is 1. The van der Waals surface area contributed by atoms with Gasteiger partial charge in [0.1, 0.15) is 0 Å². The fourth-order valence-electron chi connectivity index (χ4n) is 3.58. The van der Waals surface area contributed by atoms with Gasteiger partial charge in [-0.05, 0) is 31.0 Å². The summed E-state index contributed by atoms with van der Waals surface area (Å²) in [5, 5.41) is 0.548. The van der Waals surface area contributed by atoms with Crippen LogP contribution in [0.2, 0.25) is 0 Å². The molecular weight excluding hydrogens is 422 g/mol. The second kappa shape index (κ2) is 10.3. The third-order valence-corrected chi connectivity index (χ3v) is 7.25. The zero-order valence-electron chi connectivity index (χ0n) is 17.7. The number of ether oxygens (including phenoxy) is 2. The zero-order chi connectivity index (χ0) is 22.4. The molecule has 3 rings (SSSR count). The van der Waals surface area contributed by atoms with E-state index in [9.17, 15) is 18.0 Å². The molecule has 1 aliphatic heterocycles. The lowest BCUT2D eigenvalue weighted by Crippen LogP contribution is -2.32. The van der Waals surface area contributed by atoms with Crippen molar-refractivity contribution in [3.63, 3.8) is 0 Å². The van der Waals surface area contributed by atoms with Gasteiger partial charge in [-0.25, -0.2) is 13.2 Å².